The number of nitrogens with zero attached hydrogens (tertiary/aromatic N) is 2. The number of benzene rings is 1. The Bertz CT molecular complexity index is 977. The minimum atomic E-state index is 0.274. The second-order valence-electron chi connectivity index (χ2n) is 7.05. The Balaban J connectivity index is 0.00000124. The van der Waals surface area contributed by atoms with E-state index in [2.05, 4.69) is 54.4 Å². The molecule has 0 saturated heterocycles. The van der Waals surface area contributed by atoms with Gasteiger partial charge >= 0.3 is 0 Å². The molecule has 1 unspecified atom stereocenters. The summed E-state index contributed by atoms with van der Waals surface area (Å²) >= 11 is 0. The predicted octanol–water partition coefficient (Wildman–Crippen LogP) is 6.02. The molecule has 156 valence electrons. The van der Waals surface area contributed by atoms with Crippen molar-refractivity contribution in [1.82, 2.24) is 5.43 Å². The predicted molar refractivity (Wildman–Crippen MR) is 126 cm³/mol. The Hall–Kier alpha value is -3.14. The van der Waals surface area contributed by atoms with E-state index < -0.39 is 0 Å². The highest BCUT2D eigenvalue weighted by Crippen LogP contribution is 2.34. The van der Waals surface area contributed by atoms with Gasteiger partial charge in [0, 0.05) is 24.1 Å². The van der Waals surface area contributed by atoms with Gasteiger partial charge in [0.1, 0.15) is 11.5 Å². The van der Waals surface area contributed by atoms with Crippen LogP contribution < -0.4 is 5.43 Å². The molecule has 1 aliphatic carbocycles. The van der Waals surface area contributed by atoms with Gasteiger partial charge in [-0.25, -0.2) is 0 Å². The standard InChI is InChI=1S/C24H25N3O.C2H6/c1-3-20-11-12-21(28-20)16-25-27-24-18-14-19(15-18)26-23(22(24)4-2)13-10-17-8-6-5-7-9-17;1-2/h4-9,11-12,14,16,19,27H,2-3,10,13,15H2,1H3;1-2H3/b25-16+;. The number of nitrogens with one attached hydrogen (secondary N) is 1. The Morgan fingerprint density at radius 2 is 1.93 bits per heavy atom. The summed E-state index contributed by atoms with van der Waals surface area (Å²) in [5, 5.41) is 4.41. The zero-order chi connectivity index (χ0) is 21.3. The molecular formula is C26H31N3O. The Labute approximate surface area is 179 Å². The topological polar surface area (TPSA) is 49.9 Å². The van der Waals surface area contributed by atoms with Gasteiger partial charge < -0.3 is 4.42 Å². The van der Waals surface area contributed by atoms with Gasteiger partial charge in [-0.05, 0) is 36.1 Å². The molecule has 30 heavy (non-hydrogen) atoms. The molecule has 1 atom stereocenters. The third kappa shape index (κ3) is 5.07. The average Bonchev–Trinajstić information content (AvgIpc) is 3.11. The van der Waals surface area contributed by atoms with Crippen molar-refractivity contribution in [2.75, 3.05) is 0 Å². The lowest BCUT2D eigenvalue weighted by molar-refractivity contribution is 0.510. The molecule has 4 heteroatoms. The van der Waals surface area contributed by atoms with Crippen molar-refractivity contribution in [2.45, 2.75) is 52.5 Å². The van der Waals surface area contributed by atoms with Crippen molar-refractivity contribution in [3.05, 3.63) is 95.1 Å². The first kappa shape index (κ1) is 21.6. The number of hydrogen-bond donors (Lipinski definition) is 1. The van der Waals surface area contributed by atoms with Crippen LogP contribution in [0.5, 0.6) is 0 Å². The monoisotopic (exact) mass is 401 g/mol. The third-order valence-corrected chi connectivity index (χ3v) is 5.14. The average molecular weight is 402 g/mol. The van der Waals surface area contributed by atoms with Crippen molar-refractivity contribution in [2.24, 2.45) is 10.1 Å². The van der Waals surface area contributed by atoms with Crippen LogP contribution in [0.3, 0.4) is 0 Å². The van der Waals surface area contributed by atoms with Crippen LogP contribution in [0.1, 0.15) is 50.7 Å². The summed E-state index contributed by atoms with van der Waals surface area (Å²) in [6.07, 6.45) is 9.49. The first-order valence-corrected chi connectivity index (χ1v) is 10.8. The Morgan fingerprint density at radius 3 is 2.60 bits per heavy atom. The molecule has 1 N–H and O–H groups in total. The molecule has 4 nitrogen and oxygen atoms in total. The fourth-order valence-electron chi connectivity index (χ4n) is 3.55. The smallest absolute Gasteiger partial charge is 0.147 e. The molecule has 0 saturated carbocycles. The van der Waals surface area contributed by atoms with E-state index in [9.17, 15) is 0 Å². The SMILES string of the molecule is C=CC1=C(N/N=C/c2ccc(CC)o2)C2=CC(C2)N=C1CCc1ccccc1.CC. The maximum absolute atomic E-state index is 5.68. The van der Waals surface area contributed by atoms with Crippen LogP contribution in [0.4, 0.5) is 0 Å². The summed E-state index contributed by atoms with van der Waals surface area (Å²) in [7, 11) is 0. The maximum Gasteiger partial charge on any atom is 0.147 e. The molecule has 0 amide bonds. The molecular weight excluding hydrogens is 370 g/mol. The number of aliphatic imine (C=N–C) groups is 1. The van der Waals surface area contributed by atoms with Gasteiger partial charge in [0.15, 0.2) is 0 Å². The third-order valence-electron chi connectivity index (χ3n) is 5.14. The molecule has 0 fully saturated rings. The largest absolute Gasteiger partial charge is 0.460 e. The normalized spacial score (nSPS) is 17.4. The van der Waals surface area contributed by atoms with E-state index in [-0.39, 0.29) is 6.04 Å². The van der Waals surface area contributed by atoms with Gasteiger partial charge in [-0.3, -0.25) is 10.4 Å². The summed E-state index contributed by atoms with van der Waals surface area (Å²) in [6, 6.07) is 14.7. The van der Waals surface area contributed by atoms with Crippen LogP contribution in [0, 0.1) is 0 Å². The summed E-state index contributed by atoms with van der Waals surface area (Å²) in [4.78, 5) is 4.94. The van der Waals surface area contributed by atoms with Gasteiger partial charge in [-0.2, -0.15) is 5.10 Å². The van der Waals surface area contributed by atoms with Crippen molar-refractivity contribution >= 4 is 11.9 Å². The molecule has 2 aliphatic heterocycles. The summed E-state index contributed by atoms with van der Waals surface area (Å²) in [5.41, 5.74) is 8.95. The molecule has 5 rings (SSSR count). The summed E-state index contributed by atoms with van der Waals surface area (Å²) in [5.74, 6) is 1.71. The van der Waals surface area contributed by atoms with Crippen molar-refractivity contribution in [1.29, 1.82) is 0 Å². The van der Waals surface area contributed by atoms with E-state index in [1.165, 1.54) is 11.1 Å². The van der Waals surface area contributed by atoms with Gasteiger partial charge in [0.25, 0.3) is 0 Å². The van der Waals surface area contributed by atoms with Crippen molar-refractivity contribution < 1.29 is 4.42 Å². The Kier molecular flexibility index (Phi) is 7.61. The van der Waals surface area contributed by atoms with E-state index in [0.717, 1.165) is 54.2 Å². The number of allylic oxidation sites excluding steroid dienone is 3. The van der Waals surface area contributed by atoms with Crippen molar-refractivity contribution in [3.8, 4) is 0 Å². The van der Waals surface area contributed by atoms with Gasteiger partial charge in [-0.15, -0.1) is 0 Å². The van der Waals surface area contributed by atoms with E-state index in [1.807, 2.05) is 38.1 Å². The van der Waals surface area contributed by atoms with Crippen LogP contribution in [0.15, 0.2) is 92.5 Å². The van der Waals surface area contributed by atoms with Crippen LogP contribution in [0.25, 0.3) is 0 Å². The highest BCUT2D eigenvalue weighted by atomic mass is 16.3. The molecule has 3 heterocycles. The van der Waals surface area contributed by atoms with Crippen LogP contribution in [-0.2, 0) is 12.8 Å². The van der Waals surface area contributed by atoms with Gasteiger partial charge in [-0.1, -0.05) is 69.8 Å². The van der Waals surface area contributed by atoms with Crippen LogP contribution in [0.2, 0.25) is 0 Å². The molecule has 0 spiro atoms. The molecule has 3 aliphatic rings. The van der Waals surface area contributed by atoms with Crippen LogP contribution >= 0.6 is 0 Å². The van der Waals surface area contributed by atoms with Crippen LogP contribution in [-0.4, -0.2) is 18.0 Å². The van der Waals surface area contributed by atoms with Gasteiger partial charge in [0.2, 0.25) is 0 Å². The number of hydrogen-bond acceptors (Lipinski definition) is 4. The number of rotatable bonds is 8. The molecule has 0 radical (unpaired) electrons. The molecule has 2 bridgehead atoms. The minimum absolute atomic E-state index is 0.274. The highest BCUT2D eigenvalue weighted by Gasteiger charge is 2.28. The zero-order valence-electron chi connectivity index (χ0n) is 18.2. The zero-order valence-corrected chi connectivity index (χ0v) is 18.2. The number of furan rings is 1. The van der Waals surface area contributed by atoms with E-state index in [1.54, 1.807) is 6.21 Å². The molecule has 1 aromatic carbocycles. The molecule has 1 aromatic heterocycles. The van der Waals surface area contributed by atoms with E-state index >= 15 is 0 Å². The number of hydrazone groups is 1. The highest BCUT2D eigenvalue weighted by molar-refractivity contribution is 6.04. The number of aryl methyl sites for hydroxylation is 2. The summed E-state index contributed by atoms with van der Waals surface area (Å²) in [6.45, 7) is 10.1. The molecule has 2 aromatic rings. The van der Waals surface area contributed by atoms with E-state index in [4.69, 9.17) is 9.41 Å². The first-order valence-electron chi connectivity index (χ1n) is 10.8. The fourth-order valence-corrected chi connectivity index (χ4v) is 3.55. The second kappa shape index (κ2) is 10.6. The lowest BCUT2D eigenvalue weighted by Crippen LogP contribution is -2.19. The van der Waals surface area contributed by atoms with Gasteiger partial charge in [0.05, 0.1) is 18.0 Å². The lowest BCUT2D eigenvalue weighted by atomic mass is 9.90. The lowest BCUT2D eigenvalue weighted by Gasteiger charge is -2.21. The number of fused-ring (bicyclic) bond motifs is 1. The Morgan fingerprint density at radius 1 is 1.17 bits per heavy atom. The quantitative estimate of drug-likeness (QED) is 0.434. The maximum atomic E-state index is 5.68. The first-order chi connectivity index (χ1) is 14.8. The van der Waals surface area contributed by atoms with E-state index in [0.29, 0.717) is 0 Å². The minimum Gasteiger partial charge on any atom is -0.460 e. The van der Waals surface area contributed by atoms with Crippen molar-refractivity contribution in [3.63, 3.8) is 0 Å². The fraction of sp³-hybridized carbons (Fsp3) is 0.308. The second-order valence-corrected chi connectivity index (χ2v) is 7.05. The summed E-state index contributed by atoms with van der Waals surface area (Å²) < 4.78 is 5.68.